The van der Waals surface area contributed by atoms with Gasteiger partial charge in [-0.15, -0.1) is 0 Å². The van der Waals surface area contributed by atoms with Crippen LogP contribution in [0.2, 0.25) is 0 Å². The van der Waals surface area contributed by atoms with Gasteiger partial charge < -0.3 is 14.4 Å². The molecule has 0 aliphatic rings. The largest absolute Gasteiger partial charge is 0.455 e. The predicted molar refractivity (Wildman–Crippen MR) is 100 cm³/mol. The van der Waals surface area contributed by atoms with Gasteiger partial charge in [0, 0.05) is 12.1 Å². The van der Waals surface area contributed by atoms with Crippen LogP contribution in [0.25, 0.3) is 0 Å². The maximum Gasteiger partial charge on any atom is 0.412 e. The van der Waals surface area contributed by atoms with Crippen molar-refractivity contribution in [3.05, 3.63) is 53.8 Å². The molecule has 140 valence electrons. The SMILES string of the molecule is CN(C)Cc1cc(F)ccc1Oc1ccccc1NC(=O)OC(C)(C)C. The summed E-state index contributed by atoms with van der Waals surface area (Å²) >= 11 is 0. The third-order valence-corrected chi connectivity index (χ3v) is 3.25. The number of rotatable bonds is 5. The summed E-state index contributed by atoms with van der Waals surface area (Å²) in [5.74, 6) is 0.651. The normalized spacial score (nSPS) is 11.3. The lowest BCUT2D eigenvalue weighted by Gasteiger charge is -2.21. The molecule has 1 amide bonds. The van der Waals surface area contributed by atoms with Gasteiger partial charge in [-0.3, -0.25) is 5.32 Å². The van der Waals surface area contributed by atoms with Gasteiger partial charge in [-0.25, -0.2) is 9.18 Å². The van der Waals surface area contributed by atoms with Crippen molar-refractivity contribution in [1.82, 2.24) is 4.90 Å². The first-order valence-electron chi connectivity index (χ1n) is 8.34. The van der Waals surface area contributed by atoms with Crippen molar-refractivity contribution in [2.45, 2.75) is 32.9 Å². The van der Waals surface area contributed by atoms with Gasteiger partial charge in [0.15, 0.2) is 5.75 Å². The molecule has 0 fully saturated rings. The van der Waals surface area contributed by atoms with Crippen molar-refractivity contribution >= 4 is 11.8 Å². The first kappa shape index (κ1) is 19.7. The molecule has 0 bridgehead atoms. The molecule has 2 aromatic carbocycles. The van der Waals surface area contributed by atoms with E-state index in [1.54, 1.807) is 51.1 Å². The zero-order chi connectivity index (χ0) is 19.3. The molecule has 5 nitrogen and oxygen atoms in total. The minimum absolute atomic E-state index is 0.325. The Morgan fingerprint density at radius 3 is 2.46 bits per heavy atom. The fourth-order valence-electron chi connectivity index (χ4n) is 2.30. The van der Waals surface area contributed by atoms with Gasteiger partial charge in [0.2, 0.25) is 0 Å². The Labute approximate surface area is 153 Å². The van der Waals surface area contributed by atoms with E-state index >= 15 is 0 Å². The van der Waals surface area contributed by atoms with Crippen molar-refractivity contribution in [1.29, 1.82) is 0 Å². The first-order chi connectivity index (χ1) is 12.1. The third-order valence-electron chi connectivity index (χ3n) is 3.25. The van der Waals surface area contributed by atoms with Crippen molar-refractivity contribution in [2.24, 2.45) is 0 Å². The molecule has 0 heterocycles. The number of ether oxygens (including phenoxy) is 2. The van der Waals surface area contributed by atoms with Crippen LogP contribution >= 0.6 is 0 Å². The standard InChI is InChI=1S/C20H25FN2O3/c1-20(2,3)26-19(24)22-16-8-6-7-9-18(16)25-17-11-10-15(21)12-14(17)13-23(4)5/h6-12H,13H2,1-5H3,(H,22,24). The van der Waals surface area contributed by atoms with E-state index in [1.807, 2.05) is 19.0 Å². The smallest absolute Gasteiger partial charge is 0.412 e. The Kier molecular flexibility index (Phi) is 6.21. The van der Waals surface area contributed by atoms with Gasteiger partial charge in [-0.1, -0.05) is 12.1 Å². The maximum absolute atomic E-state index is 13.6. The Balaban J connectivity index is 2.24. The number of benzene rings is 2. The molecule has 6 heteroatoms. The van der Waals surface area contributed by atoms with Gasteiger partial charge in [-0.05, 0) is 65.2 Å². The number of carbonyl (C=O) groups excluding carboxylic acids is 1. The third kappa shape index (κ3) is 6.04. The fraction of sp³-hybridized carbons (Fsp3) is 0.350. The second kappa shape index (κ2) is 8.19. The summed E-state index contributed by atoms with van der Waals surface area (Å²) in [7, 11) is 3.79. The molecule has 0 radical (unpaired) electrons. The minimum atomic E-state index is -0.601. The lowest BCUT2D eigenvalue weighted by atomic mass is 10.2. The second-order valence-corrected chi connectivity index (χ2v) is 7.21. The van der Waals surface area contributed by atoms with Crippen LogP contribution < -0.4 is 10.1 Å². The van der Waals surface area contributed by atoms with E-state index in [-0.39, 0.29) is 5.82 Å². The zero-order valence-corrected chi connectivity index (χ0v) is 15.8. The zero-order valence-electron chi connectivity index (χ0n) is 15.8. The first-order valence-corrected chi connectivity index (χ1v) is 8.34. The molecular weight excluding hydrogens is 335 g/mol. The Morgan fingerprint density at radius 2 is 1.81 bits per heavy atom. The van der Waals surface area contributed by atoms with Gasteiger partial charge in [0.1, 0.15) is 17.2 Å². The molecule has 0 aliphatic heterocycles. The van der Waals surface area contributed by atoms with E-state index in [9.17, 15) is 9.18 Å². The highest BCUT2D eigenvalue weighted by Crippen LogP contribution is 2.32. The van der Waals surface area contributed by atoms with E-state index in [4.69, 9.17) is 9.47 Å². The van der Waals surface area contributed by atoms with Crippen molar-refractivity contribution in [3.8, 4) is 11.5 Å². The number of nitrogens with one attached hydrogen (secondary N) is 1. The topological polar surface area (TPSA) is 50.8 Å². The van der Waals surface area contributed by atoms with Crippen molar-refractivity contribution in [3.63, 3.8) is 0 Å². The van der Waals surface area contributed by atoms with E-state index in [2.05, 4.69) is 5.32 Å². The highest BCUT2D eigenvalue weighted by Gasteiger charge is 2.18. The molecule has 0 saturated carbocycles. The number of hydrogen-bond acceptors (Lipinski definition) is 4. The number of carbonyl (C=O) groups is 1. The summed E-state index contributed by atoms with van der Waals surface area (Å²) in [6.07, 6.45) is -0.568. The summed E-state index contributed by atoms with van der Waals surface area (Å²) in [5, 5.41) is 2.69. The molecule has 0 unspecified atom stereocenters. The lowest BCUT2D eigenvalue weighted by Crippen LogP contribution is -2.27. The van der Waals surface area contributed by atoms with Gasteiger partial charge in [0.25, 0.3) is 0 Å². The minimum Gasteiger partial charge on any atom is -0.455 e. The molecular formula is C20H25FN2O3. The molecule has 0 aliphatic carbocycles. The molecule has 0 atom stereocenters. The Morgan fingerprint density at radius 1 is 1.12 bits per heavy atom. The van der Waals surface area contributed by atoms with Crippen molar-refractivity contribution < 1.29 is 18.7 Å². The monoisotopic (exact) mass is 360 g/mol. The quantitative estimate of drug-likeness (QED) is 0.813. The lowest BCUT2D eigenvalue weighted by molar-refractivity contribution is 0.0635. The number of halogens is 1. The van der Waals surface area contributed by atoms with Crippen LogP contribution in [0, 0.1) is 5.82 Å². The number of anilines is 1. The maximum atomic E-state index is 13.6. The van der Waals surface area contributed by atoms with Crippen LogP contribution in [0.4, 0.5) is 14.9 Å². The van der Waals surface area contributed by atoms with Crippen LogP contribution in [-0.4, -0.2) is 30.7 Å². The van der Waals surface area contributed by atoms with Crippen LogP contribution in [0.1, 0.15) is 26.3 Å². The van der Waals surface area contributed by atoms with E-state index in [1.165, 1.54) is 12.1 Å². The number of amides is 1. The molecule has 2 aromatic rings. The van der Waals surface area contributed by atoms with Gasteiger partial charge in [-0.2, -0.15) is 0 Å². The molecule has 0 spiro atoms. The summed E-state index contributed by atoms with van der Waals surface area (Å²) in [6.45, 7) is 5.90. The van der Waals surface area contributed by atoms with Crippen LogP contribution in [0.3, 0.4) is 0 Å². The molecule has 1 N–H and O–H groups in total. The average molecular weight is 360 g/mol. The molecule has 2 rings (SSSR count). The number of nitrogens with zero attached hydrogens (tertiary/aromatic N) is 1. The van der Waals surface area contributed by atoms with Crippen LogP contribution in [-0.2, 0) is 11.3 Å². The summed E-state index contributed by atoms with van der Waals surface area (Å²) in [6, 6.07) is 11.4. The second-order valence-electron chi connectivity index (χ2n) is 7.21. The van der Waals surface area contributed by atoms with Crippen molar-refractivity contribution in [2.75, 3.05) is 19.4 Å². The summed E-state index contributed by atoms with van der Waals surface area (Å²) in [4.78, 5) is 14.0. The van der Waals surface area contributed by atoms with Crippen LogP contribution in [0.5, 0.6) is 11.5 Å². The van der Waals surface area contributed by atoms with Gasteiger partial charge in [0.05, 0.1) is 5.69 Å². The highest BCUT2D eigenvalue weighted by atomic mass is 19.1. The summed E-state index contributed by atoms with van der Waals surface area (Å²) < 4.78 is 24.8. The molecule has 0 saturated heterocycles. The highest BCUT2D eigenvalue weighted by molar-refractivity contribution is 5.87. The number of para-hydroxylation sites is 2. The van der Waals surface area contributed by atoms with E-state index in [0.717, 1.165) is 0 Å². The Bertz CT molecular complexity index is 770. The fourth-order valence-corrected chi connectivity index (χ4v) is 2.30. The van der Waals surface area contributed by atoms with Crippen LogP contribution in [0.15, 0.2) is 42.5 Å². The number of hydrogen-bond donors (Lipinski definition) is 1. The van der Waals surface area contributed by atoms with E-state index in [0.29, 0.717) is 29.3 Å². The Hall–Kier alpha value is -2.60. The van der Waals surface area contributed by atoms with E-state index < -0.39 is 11.7 Å². The average Bonchev–Trinajstić information content (AvgIpc) is 2.49. The predicted octanol–water partition coefficient (Wildman–Crippen LogP) is 5.03. The molecule has 26 heavy (non-hydrogen) atoms. The molecule has 0 aromatic heterocycles. The van der Waals surface area contributed by atoms with Gasteiger partial charge >= 0.3 is 6.09 Å². The summed E-state index contributed by atoms with van der Waals surface area (Å²) in [5.41, 5.74) is 0.583.